The molecule has 3 heteroatoms. The van der Waals surface area contributed by atoms with Crippen molar-refractivity contribution in [2.75, 3.05) is 5.32 Å². The molecule has 1 aliphatic carbocycles. The Labute approximate surface area is 85.0 Å². The maximum Gasteiger partial charge on any atom is 0.222 e. The average Bonchev–Trinajstić information content (AvgIpc) is 2.23. The number of hydrogen-bond acceptors (Lipinski definition) is 3. The molecule has 0 aromatic carbocycles. The van der Waals surface area contributed by atoms with Crippen LogP contribution in [0.5, 0.6) is 0 Å². The van der Waals surface area contributed by atoms with Crippen molar-refractivity contribution in [1.82, 2.24) is 9.97 Å². The van der Waals surface area contributed by atoms with Gasteiger partial charge >= 0.3 is 0 Å². The quantitative estimate of drug-likeness (QED) is 0.780. The Balaban J connectivity index is 1.92. The lowest BCUT2D eigenvalue weighted by molar-refractivity contribution is 0.461. The molecule has 14 heavy (non-hydrogen) atoms. The van der Waals surface area contributed by atoms with Crippen LogP contribution in [-0.2, 0) is 0 Å². The third-order valence-electron chi connectivity index (χ3n) is 2.72. The highest BCUT2D eigenvalue weighted by Gasteiger charge is 2.13. The molecule has 0 atom stereocenters. The van der Waals surface area contributed by atoms with Gasteiger partial charge < -0.3 is 5.32 Å². The van der Waals surface area contributed by atoms with E-state index in [1.165, 1.54) is 32.1 Å². The van der Waals surface area contributed by atoms with E-state index in [1.54, 1.807) is 0 Å². The molecule has 1 heterocycles. The van der Waals surface area contributed by atoms with Crippen molar-refractivity contribution in [2.24, 2.45) is 0 Å². The van der Waals surface area contributed by atoms with Gasteiger partial charge in [0.05, 0.1) is 0 Å². The number of hydrogen-bond donors (Lipinski definition) is 1. The molecule has 0 amide bonds. The van der Waals surface area contributed by atoms with Crippen molar-refractivity contribution in [3.05, 3.63) is 18.0 Å². The van der Waals surface area contributed by atoms with Crippen molar-refractivity contribution in [2.45, 2.75) is 45.1 Å². The molecule has 76 valence electrons. The minimum atomic E-state index is 0.589. The minimum Gasteiger partial charge on any atom is -0.351 e. The van der Waals surface area contributed by atoms with Crippen LogP contribution < -0.4 is 5.32 Å². The largest absolute Gasteiger partial charge is 0.351 e. The van der Waals surface area contributed by atoms with Gasteiger partial charge in [0, 0.05) is 18.4 Å². The number of aryl methyl sites for hydroxylation is 1. The topological polar surface area (TPSA) is 37.8 Å². The molecule has 1 saturated carbocycles. The van der Waals surface area contributed by atoms with Crippen molar-refractivity contribution < 1.29 is 0 Å². The highest BCUT2D eigenvalue weighted by Crippen LogP contribution is 2.19. The fraction of sp³-hybridized carbons (Fsp3) is 0.636. The summed E-state index contributed by atoms with van der Waals surface area (Å²) in [6.07, 6.45) is 10.3. The Bertz CT molecular complexity index is 275. The van der Waals surface area contributed by atoms with E-state index in [-0.39, 0.29) is 0 Å². The van der Waals surface area contributed by atoms with Crippen LogP contribution >= 0.6 is 0 Å². The van der Waals surface area contributed by atoms with Crippen molar-refractivity contribution in [3.63, 3.8) is 0 Å². The van der Waals surface area contributed by atoms with Gasteiger partial charge in [-0.1, -0.05) is 19.3 Å². The van der Waals surface area contributed by atoms with Crippen LogP contribution in [0, 0.1) is 6.92 Å². The molecule has 0 aliphatic heterocycles. The molecular weight excluding hydrogens is 174 g/mol. The molecule has 1 fully saturated rings. The fourth-order valence-corrected chi connectivity index (χ4v) is 1.90. The number of anilines is 1. The normalized spacial score (nSPS) is 18.1. The molecule has 0 bridgehead atoms. The predicted octanol–water partition coefficient (Wildman–Crippen LogP) is 2.53. The maximum atomic E-state index is 4.25. The highest BCUT2D eigenvalue weighted by molar-refractivity contribution is 5.26. The Hall–Kier alpha value is -1.12. The number of rotatable bonds is 2. The van der Waals surface area contributed by atoms with E-state index in [4.69, 9.17) is 0 Å². The van der Waals surface area contributed by atoms with E-state index < -0.39 is 0 Å². The molecule has 1 aromatic heterocycles. The summed E-state index contributed by atoms with van der Waals surface area (Å²) in [5, 5.41) is 3.39. The number of nitrogens with one attached hydrogen (secondary N) is 1. The smallest absolute Gasteiger partial charge is 0.222 e. The second-order valence-electron chi connectivity index (χ2n) is 4.06. The van der Waals surface area contributed by atoms with Crippen LogP contribution in [0.15, 0.2) is 12.4 Å². The first-order valence-corrected chi connectivity index (χ1v) is 5.40. The first kappa shape index (κ1) is 9.44. The second kappa shape index (κ2) is 4.40. The lowest BCUT2D eigenvalue weighted by Gasteiger charge is -2.22. The van der Waals surface area contributed by atoms with Crippen LogP contribution in [-0.4, -0.2) is 16.0 Å². The first-order chi connectivity index (χ1) is 6.84. The molecular formula is C11H17N3. The zero-order valence-corrected chi connectivity index (χ0v) is 8.66. The molecule has 0 radical (unpaired) electrons. The van der Waals surface area contributed by atoms with E-state index >= 15 is 0 Å². The SMILES string of the molecule is Cc1cnc(NC2CCCCC2)nc1. The van der Waals surface area contributed by atoms with E-state index in [0.29, 0.717) is 6.04 Å². The van der Waals surface area contributed by atoms with Gasteiger partial charge in [0.1, 0.15) is 0 Å². The molecule has 1 aromatic rings. The molecule has 3 nitrogen and oxygen atoms in total. The standard InChI is InChI=1S/C11H17N3/c1-9-7-12-11(13-8-9)14-10-5-3-2-4-6-10/h7-8,10H,2-6H2,1H3,(H,12,13,14). The zero-order valence-electron chi connectivity index (χ0n) is 8.66. The molecule has 1 aliphatic rings. The van der Waals surface area contributed by atoms with Crippen LogP contribution in [0.2, 0.25) is 0 Å². The van der Waals surface area contributed by atoms with Gasteiger partial charge in [0.15, 0.2) is 0 Å². The molecule has 2 rings (SSSR count). The molecule has 0 spiro atoms. The van der Waals surface area contributed by atoms with Gasteiger partial charge in [-0.15, -0.1) is 0 Å². The summed E-state index contributed by atoms with van der Waals surface area (Å²) in [5.41, 5.74) is 1.11. The lowest BCUT2D eigenvalue weighted by Crippen LogP contribution is -2.23. The van der Waals surface area contributed by atoms with Crippen LogP contribution in [0.4, 0.5) is 5.95 Å². The summed E-state index contributed by atoms with van der Waals surface area (Å²) >= 11 is 0. The minimum absolute atomic E-state index is 0.589. The third-order valence-corrected chi connectivity index (χ3v) is 2.72. The third kappa shape index (κ3) is 2.44. The van der Waals surface area contributed by atoms with Crippen LogP contribution in [0.1, 0.15) is 37.7 Å². The predicted molar refractivity (Wildman–Crippen MR) is 57.3 cm³/mol. The van der Waals surface area contributed by atoms with Crippen molar-refractivity contribution >= 4 is 5.95 Å². The summed E-state index contributed by atoms with van der Waals surface area (Å²) in [6.45, 7) is 2.00. The average molecular weight is 191 g/mol. The van der Waals surface area contributed by atoms with Gasteiger partial charge in [-0.05, 0) is 25.3 Å². The van der Waals surface area contributed by atoms with E-state index in [0.717, 1.165) is 11.5 Å². The Kier molecular flexibility index (Phi) is 2.96. The lowest BCUT2D eigenvalue weighted by atomic mass is 9.96. The van der Waals surface area contributed by atoms with Crippen LogP contribution in [0.25, 0.3) is 0 Å². The van der Waals surface area contributed by atoms with E-state index in [2.05, 4.69) is 15.3 Å². The van der Waals surface area contributed by atoms with Crippen LogP contribution in [0.3, 0.4) is 0 Å². The monoisotopic (exact) mass is 191 g/mol. The summed E-state index contributed by atoms with van der Waals surface area (Å²) < 4.78 is 0. The number of aromatic nitrogens is 2. The van der Waals surface area contributed by atoms with Gasteiger partial charge in [-0.25, -0.2) is 9.97 Å². The fourth-order valence-electron chi connectivity index (χ4n) is 1.90. The molecule has 0 unspecified atom stereocenters. The van der Waals surface area contributed by atoms with Crippen molar-refractivity contribution in [3.8, 4) is 0 Å². The van der Waals surface area contributed by atoms with Crippen molar-refractivity contribution in [1.29, 1.82) is 0 Å². The molecule has 1 N–H and O–H groups in total. The summed E-state index contributed by atoms with van der Waals surface area (Å²) in [4.78, 5) is 8.50. The summed E-state index contributed by atoms with van der Waals surface area (Å²) in [6, 6.07) is 0.589. The first-order valence-electron chi connectivity index (χ1n) is 5.40. The maximum absolute atomic E-state index is 4.25. The Morgan fingerprint density at radius 3 is 2.43 bits per heavy atom. The van der Waals surface area contributed by atoms with Gasteiger partial charge in [0.2, 0.25) is 5.95 Å². The summed E-state index contributed by atoms with van der Waals surface area (Å²) in [5.74, 6) is 0.780. The van der Waals surface area contributed by atoms with Gasteiger partial charge in [-0.2, -0.15) is 0 Å². The molecule has 0 saturated heterocycles. The van der Waals surface area contributed by atoms with Gasteiger partial charge in [0.25, 0.3) is 0 Å². The van der Waals surface area contributed by atoms with E-state index in [1.807, 2.05) is 19.3 Å². The Morgan fingerprint density at radius 1 is 1.14 bits per heavy atom. The summed E-state index contributed by atoms with van der Waals surface area (Å²) in [7, 11) is 0. The van der Waals surface area contributed by atoms with E-state index in [9.17, 15) is 0 Å². The Morgan fingerprint density at radius 2 is 1.79 bits per heavy atom. The second-order valence-corrected chi connectivity index (χ2v) is 4.06. The van der Waals surface area contributed by atoms with Gasteiger partial charge in [-0.3, -0.25) is 0 Å². The number of nitrogens with zero attached hydrogens (tertiary/aromatic N) is 2. The zero-order chi connectivity index (χ0) is 9.80. The highest BCUT2D eigenvalue weighted by atomic mass is 15.1.